The van der Waals surface area contributed by atoms with Crippen molar-refractivity contribution >= 4 is 29.4 Å². The molecule has 0 fully saturated rings. The molecule has 0 amide bonds. The van der Waals surface area contributed by atoms with Gasteiger partial charge in [-0.3, -0.25) is 9.79 Å². The highest BCUT2D eigenvalue weighted by molar-refractivity contribution is 7.98. The highest BCUT2D eigenvalue weighted by Crippen LogP contribution is 2.44. The van der Waals surface area contributed by atoms with Gasteiger partial charge in [0.15, 0.2) is 0 Å². The number of hydrogen-bond acceptors (Lipinski definition) is 10. The summed E-state index contributed by atoms with van der Waals surface area (Å²) in [5.41, 5.74) is 2.09. The minimum atomic E-state index is -0.793. The van der Waals surface area contributed by atoms with E-state index >= 15 is 0 Å². The summed E-state index contributed by atoms with van der Waals surface area (Å²) in [7, 11) is 2.64. The lowest BCUT2D eigenvalue weighted by Gasteiger charge is -2.32. The SMILES string of the molecule is COC(=O)C1=C(C)N=C(C)C(C(=O)OC)C1c1cc(SC)ccc1OCCCCNCC(O)COc1ccccc1. The van der Waals surface area contributed by atoms with Crippen molar-refractivity contribution in [3.05, 3.63) is 65.4 Å². The van der Waals surface area contributed by atoms with Crippen molar-refractivity contribution in [1.29, 1.82) is 0 Å². The second kappa shape index (κ2) is 16.2. The molecule has 2 aromatic rings. The predicted molar refractivity (Wildman–Crippen MR) is 160 cm³/mol. The number of aliphatic imine (C=N–C) groups is 1. The zero-order valence-corrected chi connectivity index (χ0v) is 25.2. The number of carbonyl (C=O) groups is 2. The summed E-state index contributed by atoms with van der Waals surface area (Å²) in [6.45, 7) is 5.30. The van der Waals surface area contributed by atoms with E-state index < -0.39 is 29.9 Å². The molecule has 0 aromatic heterocycles. The number of nitrogens with one attached hydrogen (secondary N) is 1. The third-order valence-corrected chi connectivity index (χ3v) is 7.54. The normalized spacial score (nSPS) is 17.5. The van der Waals surface area contributed by atoms with Gasteiger partial charge in [-0.15, -0.1) is 11.8 Å². The zero-order chi connectivity index (χ0) is 29.8. The monoisotopic (exact) mass is 584 g/mol. The van der Waals surface area contributed by atoms with Gasteiger partial charge in [0.25, 0.3) is 0 Å². The molecular weight excluding hydrogens is 544 g/mol. The fourth-order valence-corrected chi connectivity index (χ4v) is 5.23. The number of aliphatic hydroxyl groups is 1. The van der Waals surface area contributed by atoms with Crippen LogP contribution in [0.4, 0.5) is 0 Å². The van der Waals surface area contributed by atoms with E-state index in [4.69, 9.17) is 18.9 Å². The lowest BCUT2D eigenvalue weighted by atomic mass is 9.75. The van der Waals surface area contributed by atoms with E-state index in [2.05, 4.69) is 10.3 Å². The fraction of sp³-hybridized carbons (Fsp3) is 0.452. The van der Waals surface area contributed by atoms with E-state index in [0.29, 0.717) is 48.0 Å². The van der Waals surface area contributed by atoms with E-state index in [0.717, 1.165) is 23.5 Å². The van der Waals surface area contributed by atoms with Gasteiger partial charge in [0, 0.05) is 34.3 Å². The predicted octanol–water partition coefficient (Wildman–Crippen LogP) is 4.39. The summed E-state index contributed by atoms with van der Waals surface area (Å²) in [6, 6.07) is 15.2. The molecule has 0 spiro atoms. The Morgan fingerprint density at radius 2 is 1.80 bits per heavy atom. The number of hydrogen-bond donors (Lipinski definition) is 2. The Kier molecular flexibility index (Phi) is 12.7. The molecule has 0 aliphatic carbocycles. The molecule has 2 aromatic carbocycles. The second-order valence-corrected chi connectivity index (χ2v) is 10.5. The van der Waals surface area contributed by atoms with Gasteiger partial charge >= 0.3 is 11.9 Å². The van der Waals surface area contributed by atoms with E-state index in [1.165, 1.54) is 14.2 Å². The van der Waals surface area contributed by atoms with Crippen LogP contribution in [0.1, 0.15) is 38.2 Å². The summed E-state index contributed by atoms with van der Waals surface area (Å²) >= 11 is 1.56. The van der Waals surface area contributed by atoms with Crippen molar-refractivity contribution in [3.8, 4) is 11.5 Å². The molecule has 41 heavy (non-hydrogen) atoms. The maximum absolute atomic E-state index is 13.0. The van der Waals surface area contributed by atoms with E-state index in [9.17, 15) is 14.7 Å². The third kappa shape index (κ3) is 8.82. The maximum atomic E-state index is 13.0. The number of rotatable bonds is 15. The van der Waals surface area contributed by atoms with Gasteiger partial charge in [0.2, 0.25) is 0 Å². The quantitative estimate of drug-likeness (QED) is 0.179. The van der Waals surface area contributed by atoms with Crippen molar-refractivity contribution in [2.75, 3.05) is 46.8 Å². The van der Waals surface area contributed by atoms with Crippen LogP contribution in [0.5, 0.6) is 11.5 Å². The number of methoxy groups -OCH3 is 2. The molecule has 222 valence electrons. The second-order valence-electron chi connectivity index (χ2n) is 9.66. The standard InChI is InChI=1S/C31H40N2O7S/c1-20-27(30(35)37-3)29(28(21(2)33-20)31(36)38-4)25-17-24(41-5)13-14-26(25)39-16-10-9-15-32-18-22(34)19-40-23-11-7-6-8-12-23/h6-8,11-14,17,22,27,29,32,34H,9-10,15-16,18-19H2,1-5H3. The van der Waals surface area contributed by atoms with Crippen LogP contribution in [0, 0.1) is 5.92 Å². The van der Waals surface area contributed by atoms with Crippen LogP contribution in [-0.2, 0) is 19.1 Å². The maximum Gasteiger partial charge on any atom is 0.336 e. The molecule has 0 radical (unpaired) electrons. The molecule has 10 heteroatoms. The highest BCUT2D eigenvalue weighted by Gasteiger charge is 2.43. The van der Waals surface area contributed by atoms with Gasteiger partial charge in [-0.25, -0.2) is 4.79 Å². The van der Waals surface area contributed by atoms with Crippen molar-refractivity contribution in [2.45, 2.75) is 43.6 Å². The average Bonchev–Trinajstić information content (AvgIpc) is 2.99. The summed E-state index contributed by atoms with van der Waals surface area (Å²) in [5, 5.41) is 13.4. The van der Waals surface area contributed by atoms with Crippen LogP contribution in [0.15, 0.2) is 69.7 Å². The van der Waals surface area contributed by atoms with Gasteiger partial charge in [0.05, 0.1) is 26.4 Å². The first-order chi connectivity index (χ1) is 19.8. The van der Waals surface area contributed by atoms with Crippen LogP contribution in [-0.4, -0.2) is 75.6 Å². The highest BCUT2D eigenvalue weighted by atomic mass is 32.2. The molecule has 3 atom stereocenters. The Labute approximate surface area is 246 Å². The minimum Gasteiger partial charge on any atom is -0.493 e. The molecule has 0 bridgehead atoms. The zero-order valence-electron chi connectivity index (χ0n) is 24.3. The topological polar surface area (TPSA) is 116 Å². The van der Waals surface area contributed by atoms with Gasteiger partial charge in [0.1, 0.15) is 30.1 Å². The van der Waals surface area contributed by atoms with Gasteiger partial charge in [-0.05, 0) is 69.8 Å². The van der Waals surface area contributed by atoms with Crippen LogP contribution >= 0.6 is 11.8 Å². The van der Waals surface area contributed by atoms with Crippen molar-refractivity contribution in [3.63, 3.8) is 0 Å². The number of esters is 2. The molecule has 3 unspecified atom stereocenters. The van der Waals surface area contributed by atoms with Crippen molar-refractivity contribution in [1.82, 2.24) is 5.32 Å². The Morgan fingerprint density at radius 3 is 2.49 bits per heavy atom. The lowest BCUT2D eigenvalue weighted by molar-refractivity contribution is -0.143. The molecule has 1 aliphatic rings. The Balaban J connectivity index is 1.64. The smallest absolute Gasteiger partial charge is 0.336 e. The van der Waals surface area contributed by atoms with Crippen LogP contribution < -0.4 is 14.8 Å². The number of allylic oxidation sites excluding steroid dienone is 1. The molecule has 9 nitrogen and oxygen atoms in total. The van der Waals surface area contributed by atoms with E-state index in [1.54, 1.807) is 25.6 Å². The van der Waals surface area contributed by atoms with Gasteiger partial charge < -0.3 is 29.4 Å². The van der Waals surface area contributed by atoms with E-state index in [-0.39, 0.29) is 6.61 Å². The van der Waals surface area contributed by atoms with Crippen LogP contribution in [0.25, 0.3) is 0 Å². The lowest BCUT2D eigenvalue weighted by Crippen LogP contribution is -2.36. The van der Waals surface area contributed by atoms with Gasteiger partial charge in [-0.2, -0.15) is 0 Å². The first-order valence-corrected chi connectivity index (χ1v) is 14.8. The number of unbranched alkanes of at least 4 members (excludes halogenated alkanes) is 1. The Bertz CT molecular complexity index is 1230. The summed E-state index contributed by atoms with van der Waals surface area (Å²) in [4.78, 5) is 31.3. The summed E-state index contributed by atoms with van der Waals surface area (Å²) in [6.07, 6.45) is 2.94. The molecule has 0 saturated carbocycles. The first-order valence-electron chi connectivity index (χ1n) is 13.6. The van der Waals surface area contributed by atoms with Crippen molar-refractivity contribution < 1.29 is 33.6 Å². The number of thioether (sulfide) groups is 1. The number of nitrogens with zero attached hydrogens (tertiary/aromatic N) is 1. The molecule has 2 N–H and O–H groups in total. The van der Waals surface area contributed by atoms with Crippen LogP contribution in [0.3, 0.4) is 0 Å². The molecule has 3 rings (SSSR count). The Hall–Kier alpha value is -3.34. The Morgan fingerprint density at radius 1 is 1.05 bits per heavy atom. The van der Waals surface area contributed by atoms with Crippen molar-refractivity contribution in [2.24, 2.45) is 10.9 Å². The van der Waals surface area contributed by atoms with Gasteiger partial charge in [-0.1, -0.05) is 18.2 Å². The summed E-state index contributed by atoms with van der Waals surface area (Å²) in [5.74, 6) is -1.16. The third-order valence-electron chi connectivity index (χ3n) is 6.81. The molecule has 1 heterocycles. The minimum absolute atomic E-state index is 0.217. The number of aliphatic hydroxyl groups excluding tert-OH is 1. The fourth-order valence-electron chi connectivity index (χ4n) is 4.78. The molecule has 0 saturated heterocycles. The number of para-hydroxylation sites is 1. The number of ether oxygens (including phenoxy) is 4. The molecule has 1 aliphatic heterocycles. The summed E-state index contributed by atoms with van der Waals surface area (Å²) < 4.78 is 22.0. The van der Waals surface area contributed by atoms with Crippen LogP contribution in [0.2, 0.25) is 0 Å². The molecular formula is C31H40N2O7S. The largest absolute Gasteiger partial charge is 0.493 e. The first kappa shape index (κ1) is 32.2. The number of benzene rings is 2. The number of carbonyl (C=O) groups excluding carboxylic acids is 2. The van der Waals surface area contributed by atoms with E-state index in [1.807, 2.05) is 54.8 Å². The average molecular weight is 585 g/mol.